The molecule has 1 aromatic carbocycles. The summed E-state index contributed by atoms with van der Waals surface area (Å²) in [6, 6.07) is 5.27. The molecule has 8 nitrogen and oxygen atoms in total. The second-order valence-corrected chi connectivity index (χ2v) is 11.5. The van der Waals surface area contributed by atoms with Crippen molar-refractivity contribution in [2.45, 2.75) is 63.3 Å². The number of nitrogens with zero attached hydrogens (tertiary/aromatic N) is 2. The first-order chi connectivity index (χ1) is 18.2. The third-order valence-electron chi connectivity index (χ3n) is 8.33. The molecule has 1 spiro atoms. The standard InChI is InChI=1S/C29H35ClN2O6/c1-4-28-12-5-6-15-37-27(36)23(28)22-25(34)32(21(17-33)16-18(2)3)24-26(35)31(14-7-13-29(22,24)38-28)20-10-8-19(30)9-11-20/h5,7-13,18,21-24,33H,4,6,14-17H2,1-3H3/t21-,22+,23+,24?,28-,29+/m1/s1. The third kappa shape index (κ3) is 4.08. The molecule has 4 heterocycles. The van der Waals surface area contributed by atoms with Crippen molar-refractivity contribution in [1.29, 1.82) is 0 Å². The topological polar surface area (TPSA) is 96.4 Å². The van der Waals surface area contributed by atoms with E-state index >= 15 is 0 Å². The van der Waals surface area contributed by atoms with Gasteiger partial charge in [-0.2, -0.15) is 0 Å². The van der Waals surface area contributed by atoms with Gasteiger partial charge in [0.15, 0.2) is 0 Å². The summed E-state index contributed by atoms with van der Waals surface area (Å²) in [6.07, 6.45) is 8.93. The van der Waals surface area contributed by atoms with Gasteiger partial charge in [-0.15, -0.1) is 0 Å². The monoisotopic (exact) mass is 542 g/mol. The zero-order valence-electron chi connectivity index (χ0n) is 22.0. The molecular formula is C29H35ClN2O6. The lowest BCUT2D eigenvalue weighted by Gasteiger charge is -2.41. The van der Waals surface area contributed by atoms with Gasteiger partial charge in [0.05, 0.1) is 25.2 Å². The second-order valence-electron chi connectivity index (χ2n) is 11.0. The number of aliphatic hydroxyl groups is 1. The quantitative estimate of drug-likeness (QED) is 0.436. The number of halogens is 1. The molecule has 0 saturated carbocycles. The van der Waals surface area contributed by atoms with Crippen molar-refractivity contribution >= 4 is 35.1 Å². The first-order valence-electron chi connectivity index (χ1n) is 13.4. The minimum atomic E-state index is -1.39. The van der Waals surface area contributed by atoms with Gasteiger partial charge in [0, 0.05) is 17.3 Å². The van der Waals surface area contributed by atoms with E-state index in [0.29, 0.717) is 30.0 Å². The molecule has 2 fully saturated rings. The highest BCUT2D eigenvalue weighted by atomic mass is 35.5. The Morgan fingerprint density at radius 3 is 2.47 bits per heavy atom. The number of esters is 1. The lowest BCUT2D eigenvalue weighted by atomic mass is 9.73. The zero-order valence-corrected chi connectivity index (χ0v) is 22.8. The van der Waals surface area contributed by atoms with Crippen molar-refractivity contribution in [1.82, 2.24) is 4.90 Å². The smallest absolute Gasteiger partial charge is 0.313 e. The SMILES string of the molecule is CC[C@@]12C=CCCOC(=O)[C@@H]1[C@H]1C(=O)N([C@@H](CO)CC(C)C)C3C(=O)N(c4ccc(Cl)cc4)CC=C[C@@]31O2. The number of carbonyl (C=O) groups is 3. The van der Waals surface area contributed by atoms with Crippen LogP contribution in [0.2, 0.25) is 5.02 Å². The fraction of sp³-hybridized carbons (Fsp3) is 0.552. The Morgan fingerprint density at radius 2 is 1.82 bits per heavy atom. The van der Waals surface area contributed by atoms with Gasteiger partial charge in [-0.25, -0.2) is 0 Å². The molecule has 204 valence electrons. The molecule has 38 heavy (non-hydrogen) atoms. The van der Waals surface area contributed by atoms with Crippen LogP contribution < -0.4 is 4.90 Å². The molecule has 4 aliphatic rings. The Bertz CT molecular complexity index is 1170. The summed E-state index contributed by atoms with van der Waals surface area (Å²) in [5.74, 6) is -2.90. The van der Waals surface area contributed by atoms with Crippen LogP contribution in [0, 0.1) is 17.8 Å². The second kappa shape index (κ2) is 10.1. The molecule has 0 bridgehead atoms. The Labute approximate surface area is 228 Å². The van der Waals surface area contributed by atoms with E-state index in [1.807, 2.05) is 39.0 Å². The predicted octanol–water partition coefficient (Wildman–Crippen LogP) is 3.51. The Kier molecular flexibility index (Phi) is 7.18. The Morgan fingerprint density at radius 1 is 1.08 bits per heavy atom. The number of aliphatic hydroxyl groups excluding tert-OH is 1. The summed E-state index contributed by atoms with van der Waals surface area (Å²) in [5.41, 5.74) is -1.85. The maximum atomic E-state index is 14.5. The van der Waals surface area contributed by atoms with Crippen molar-refractivity contribution in [2.24, 2.45) is 17.8 Å². The van der Waals surface area contributed by atoms with Gasteiger partial charge in [-0.3, -0.25) is 14.4 Å². The van der Waals surface area contributed by atoms with Gasteiger partial charge < -0.3 is 24.4 Å². The van der Waals surface area contributed by atoms with Crippen LogP contribution in [0.4, 0.5) is 5.69 Å². The largest absolute Gasteiger partial charge is 0.465 e. The third-order valence-corrected chi connectivity index (χ3v) is 8.58. The molecule has 1 unspecified atom stereocenters. The van der Waals surface area contributed by atoms with Gasteiger partial charge in [-0.05, 0) is 49.4 Å². The number of fused-ring (bicyclic) bond motifs is 2. The first kappa shape index (κ1) is 26.9. The molecule has 6 atom stereocenters. The fourth-order valence-corrected chi connectivity index (χ4v) is 6.86. The van der Waals surface area contributed by atoms with Crippen LogP contribution in [-0.2, 0) is 23.9 Å². The van der Waals surface area contributed by atoms with Crippen LogP contribution >= 0.6 is 11.6 Å². The van der Waals surface area contributed by atoms with E-state index in [4.69, 9.17) is 21.1 Å². The van der Waals surface area contributed by atoms with Gasteiger partial charge in [-0.1, -0.05) is 56.7 Å². The number of rotatable bonds is 6. The van der Waals surface area contributed by atoms with Gasteiger partial charge in [0.1, 0.15) is 23.2 Å². The van der Waals surface area contributed by atoms with Crippen LogP contribution in [0.1, 0.15) is 40.0 Å². The first-order valence-corrected chi connectivity index (χ1v) is 13.8. The highest BCUT2D eigenvalue weighted by Gasteiger charge is 2.76. The summed E-state index contributed by atoms with van der Waals surface area (Å²) in [7, 11) is 0. The Balaban J connectivity index is 1.69. The number of carbonyl (C=O) groups excluding carboxylic acids is 3. The number of ether oxygens (including phenoxy) is 2. The maximum Gasteiger partial charge on any atom is 0.313 e. The van der Waals surface area contributed by atoms with Crippen molar-refractivity contribution in [3.8, 4) is 0 Å². The van der Waals surface area contributed by atoms with E-state index in [0.717, 1.165) is 0 Å². The molecule has 2 saturated heterocycles. The van der Waals surface area contributed by atoms with Crippen molar-refractivity contribution in [2.75, 3.05) is 24.7 Å². The van der Waals surface area contributed by atoms with Crippen LogP contribution in [0.15, 0.2) is 48.6 Å². The van der Waals surface area contributed by atoms with Gasteiger partial charge in [0.25, 0.3) is 5.91 Å². The fourth-order valence-electron chi connectivity index (χ4n) is 6.73. The number of cyclic esters (lactones) is 1. The minimum Gasteiger partial charge on any atom is -0.465 e. The van der Waals surface area contributed by atoms with E-state index in [2.05, 4.69) is 0 Å². The van der Waals surface area contributed by atoms with E-state index in [1.54, 1.807) is 35.2 Å². The number of amides is 2. The number of benzene rings is 1. The van der Waals surface area contributed by atoms with Crippen LogP contribution in [0.25, 0.3) is 0 Å². The molecule has 1 aromatic rings. The van der Waals surface area contributed by atoms with Crippen LogP contribution in [-0.4, -0.2) is 70.8 Å². The summed E-state index contributed by atoms with van der Waals surface area (Å²) >= 11 is 6.10. The number of hydrogen-bond acceptors (Lipinski definition) is 6. The van der Waals surface area contributed by atoms with E-state index in [-0.39, 0.29) is 37.5 Å². The maximum absolute atomic E-state index is 14.5. The zero-order chi connectivity index (χ0) is 27.2. The van der Waals surface area contributed by atoms with Crippen molar-refractivity contribution < 1.29 is 29.0 Å². The van der Waals surface area contributed by atoms with Crippen LogP contribution in [0.5, 0.6) is 0 Å². The number of hydrogen-bond donors (Lipinski definition) is 1. The molecule has 0 aromatic heterocycles. The molecule has 5 rings (SSSR count). The lowest BCUT2D eigenvalue weighted by Crippen LogP contribution is -2.59. The van der Waals surface area contributed by atoms with Gasteiger partial charge >= 0.3 is 5.97 Å². The Hall–Kier alpha value is -2.68. The minimum absolute atomic E-state index is 0.157. The van der Waals surface area contributed by atoms with E-state index < -0.39 is 41.1 Å². The lowest BCUT2D eigenvalue weighted by molar-refractivity contribution is -0.162. The molecule has 1 N–H and O–H groups in total. The summed E-state index contributed by atoms with van der Waals surface area (Å²) in [6.45, 7) is 6.09. The van der Waals surface area contributed by atoms with Crippen molar-refractivity contribution in [3.05, 3.63) is 53.6 Å². The summed E-state index contributed by atoms with van der Waals surface area (Å²) in [4.78, 5) is 45.5. The average molecular weight is 543 g/mol. The van der Waals surface area contributed by atoms with Crippen LogP contribution in [0.3, 0.4) is 0 Å². The highest BCUT2D eigenvalue weighted by Crippen LogP contribution is 2.58. The normalized spacial score (nSPS) is 33.4. The molecule has 0 aliphatic carbocycles. The number of likely N-dealkylation sites (tertiary alicyclic amines) is 1. The number of anilines is 1. The summed E-state index contributed by atoms with van der Waals surface area (Å²) < 4.78 is 12.5. The molecule has 9 heteroatoms. The molecular weight excluding hydrogens is 508 g/mol. The van der Waals surface area contributed by atoms with Crippen molar-refractivity contribution in [3.63, 3.8) is 0 Å². The molecule has 0 radical (unpaired) electrons. The molecule has 4 aliphatic heterocycles. The summed E-state index contributed by atoms with van der Waals surface area (Å²) in [5, 5.41) is 11.0. The average Bonchev–Trinajstić information content (AvgIpc) is 3.24. The van der Waals surface area contributed by atoms with Gasteiger partial charge in [0.2, 0.25) is 5.91 Å². The van der Waals surface area contributed by atoms with E-state index in [9.17, 15) is 19.5 Å². The highest BCUT2D eigenvalue weighted by molar-refractivity contribution is 6.30. The van der Waals surface area contributed by atoms with E-state index in [1.165, 1.54) is 4.90 Å². The molecule has 2 amide bonds. The predicted molar refractivity (Wildman–Crippen MR) is 142 cm³/mol.